The lowest BCUT2D eigenvalue weighted by molar-refractivity contribution is -0.0944. The fourth-order valence-corrected chi connectivity index (χ4v) is 4.39. The van der Waals surface area contributed by atoms with Crippen molar-refractivity contribution < 1.29 is 9.84 Å². The second-order valence-corrected chi connectivity index (χ2v) is 6.84. The molecule has 0 amide bonds. The third-order valence-corrected chi connectivity index (χ3v) is 5.32. The summed E-state index contributed by atoms with van der Waals surface area (Å²) in [5.74, 6) is 2.50. The highest BCUT2D eigenvalue weighted by Gasteiger charge is 2.38. The summed E-state index contributed by atoms with van der Waals surface area (Å²) in [6, 6.07) is 1.05. The van der Waals surface area contributed by atoms with Crippen LogP contribution in [0.4, 0.5) is 0 Å². The van der Waals surface area contributed by atoms with Gasteiger partial charge in [0.15, 0.2) is 0 Å². The summed E-state index contributed by atoms with van der Waals surface area (Å²) in [4.78, 5) is 0. The summed E-state index contributed by atoms with van der Waals surface area (Å²) in [6.07, 6.45) is 6.68. The van der Waals surface area contributed by atoms with Gasteiger partial charge in [0.25, 0.3) is 0 Å². The monoisotopic (exact) mass is 273 g/mol. The lowest BCUT2D eigenvalue weighted by Crippen LogP contribution is -2.51. The van der Waals surface area contributed by atoms with Crippen molar-refractivity contribution in [2.45, 2.75) is 63.1 Å². The van der Waals surface area contributed by atoms with Crippen LogP contribution in [0.3, 0.4) is 0 Å². The molecule has 0 aromatic heterocycles. The van der Waals surface area contributed by atoms with Gasteiger partial charge in [0.1, 0.15) is 0 Å². The van der Waals surface area contributed by atoms with Crippen molar-refractivity contribution in [3.8, 4) is 0 Å². The molecule has 0 radical (unpaired) electrons. The fraction of sp³-hybridized carbons (Fsp3) is 1.00. The van der Waals surface area contributed by atoms with Crippen LogP contribution in [0.5, 0.6) is 0 Å². The molecule has 2 fully saturated rings. The smallest absolute Gasteiger partial charge is 0.0713 e. The summed E-state index contributed by atoms with van der Waals surface area (Å²) in [5.41, 5.74) is 0.165. The Hall–Kier alpha value is 0.230. The van der Waals surface area contributed by atoms with Crippen molar-refractivity contribution in [3.63, 3.8) is 0 Å². The molecule has 18 heavy (non-hydrogen) atoms. The first-order chi connectivity index (χ1) is 8.78. The minimum atomic E-state index is 0.165. The Morgan fingerprint density at radius 2 is 2.22 bits per heavy atom. The molecule has 0 aromatic carbocycles. The zero-order valence-corrected chi connectivity index (χ0v) is 12.3. The van der Waals surface area contributed by atoms with Gasteiger partial charge in [-0.3, -0.25) is 0 Å². The van der Waals surface area contributed by atoms with E-state index in [9.17, 15) is 0 Å². The average molecular weight is 273 g/mol. The summed E-state index contributed by atoms with van der Waals surface area (Å²) in [6.45, 7) is 3.38. The van der Waals surface area contributed by atoms with E-state index in [4.69, 9.17) is 9.84 Å². The molecule has 0 saturated carbocycles. The highest BCUT2D eigenvalue weighted by Crippen LogP contribution is 2.37. The van der Waals surface area contributed by atoms with E-state index < -0.39 is 0 Å². The van der Waals surface area contributed by atoms with Crippen molar-refractivity contribution in [1.29, 1.82) is 0 Å². The van der Waals surface area contributed by atoms with Gasteiger partial charge in [0.2, 0.25) is 0 Å². The maximum absolute atomic E-state index is 9.07. The van der Waals surface area contributed by atoms with Gasteiger partial charge in [0.05, 0.1) is 5.60 Å². The molecule has 2 saturated heterocycles. The molecule has 4 heteroatoms. The highest BCUT2D eigenvalue weighted by molar-refractivity contribution is 7.99. The lowest BCUT2D eigenvalue weighted by atomic mass is 9.85. The van der Waals surface area contributed by atoms with Crippen LogP contribution in [-0.4, -0.2) is 47.5 Å². The van der Waals surface area contributed by atoms with E-state index in [1.54, 1.807) is 0 Å². The zero-order chi connectivity index (χ0) is 12.8. The lowest BCUT2D eigenvalue weighted by Gasteiger charge is -2.44. The molecule has 2 rings (SSSR count). The first-order valence-corrected chi connectivity index (χ1v) is 8.52. The molecule has 0 bridgehead atoms. The molecule has 1 spiro atoms. The molecular formula is C14H27NO2S. The molecule has 2 heterocycles. The molecular weight excluding hydrogens is 246 g/mol. The number of nitrogens with one attached hydrogen (secondary N) is 1. The van der Waals surface area contributed by atoms with Gasteiger partial charge < -0.3 is 15.2 Å². The van der Waals surface area contributed by atoms with Crippen LogP contribution in [-0.2, 0) is 4.74 Å². The fourth-order valence-electron chi connectivity index (χ4n) is 3.16. The molecule has 0 aliphatic carbocycles. The van der Waals surface area contributed by atoms with Crippen LogP contribution < -0.4 is 5.32 Å². The summed E-state index contributed by atoms with van der Waals surface area (Å²) < 4.78 is 6.11. The second-order valence-electron chi connectivity index (χ2n) is 5.62. The van der Waals surface area contributed by atoms with Crippen molar-refractivity contribution in [1.82, 2.24) is 5.32 Å². The van der Waals surface area contributed by atoms with E-state index in [-0.39, 0.29) is 12.2 Å². The van der Waals surface area contributed by atoms with Gasteiger partial charge in [-0.1, -0.05) is 6.92 Å². The molecule has 106 valence electrons. The number of hydrogen-bond acceptors (Lipinski definition) is 4. The van der Waals surface area contributed by atoms with Gasteiger partial charge in [-0.2, -0.15) is 11.8 Å². The van der Waals surface area contributed by atoms with Crippen molar-refractivity contribution in [2.24, 2.45) is 0 Å². The zero-order valence-electron chi connectivity index (χ0n) is 11.5. The standard InChI is InChI=1S/C14H27NO2S/c1-2-12(3-7-16)15-13-4-8-17-14(11-13)5-9-18-10-6-14/h12-13,15-16H,2-11H2,1H3. The predicted molar refractivity (Wildman–Crippen MR) is 77.2 cm³/mol. The quantitative estimate of drug-likeness (QED) is 0.805. The van der Waals surface area contributed by atoms with Gasteiger partial charge in [-0.15, -0.1) is 0 Å². The first-order valence-electron chi connectivity index (χ1n) is 7.36. The predicted octanol–water partition coefficient (Wildman–Crippen LogP) is 2.18. The number of thioether (sulfide) groups is 1. The maximum Gasteiger partial charge on any atom is 0.0713 e. The van der Waals surface area contributed by atoms with E-state index in [1.807, 2.05) is 0 Å². The molecule has 2 atom stereocenters. The Morgan fingerprint density at radius 3 is 2.89 bits per heavy atom. The summed E-state index contributed by atoms with van der Waals surface area (Å²) >= 11 is 2.06. The Balaban J connectivity index is 1.85. The van der Waals surface area contributed by atoms with Crippen LogP contribution in [0.1, 0.15) is 45.4 Å². The maximum atomic E-state index is 9.07. The normalized spacial score (nSPS) is 29.3. The van der Waals surface area contributed by atoms with Crippen LogP contribution in [0, 0.1) is 0 Å². The topological polar surface area (TPSA) is 41.5 Å². The van der Waals surface area contributed by atoms with E-state index >= 15 is 0 Å². The van der Waals surface area contributed by atoms with Crippen molar-refractivity contribution in [2.75, 3.05) is 24.7 Å². The number of aliphatic hydroxyl groups excluding tert-OH is 1. The number of hydrogen-bond donors (Lipinski definition) is 2. The van der Waals surface area contributed by atoms with Gasteiger partial charge in [-0.05, 0) is 50.0 Å². The highest BCUT2D eigenvalue weighted by atomic mass is 32.2. The van der Waals surface area contributed by atoms with E-state index in [0.717, 1.165) is 32.3 Å². The number of aliphatic hydroxyl groups is 1. The van der Waals surface area contributed by atoms with Crippen LogP contribution in [0.2, 0.25) is 0 Å². The Morgan fingerprint density at radius 1 is 1.44 bits per heavy atom. The average Bonchev–Trinajstić information content (AvgIpc) is 2.39. The summed E-state index contributed by atoms with van der Waals surface area (Å²) in [5, 5.41) is 12.8. The SMILES string of the molecule is CCC(CCO)NC1CCOC2(CCSCC2)C1. The summed E-state index contributed by atoms with van der Waals surface area (Å²) in [7, 11) is 0. The number of rotatable bonds is 5. The molecule has 2 N–H and O–H groups in total. The number of ether oxygens (including phenoxy) is 1. The van der Waals surface area contributed by atoms with Crippen LogP contribution in [0.15, 0.2) is 0 Å². The minimum absolute atomic E-state index is 0.165. The van der Waals surface area contributed by atoms with Gasteiger partial charge in [0, 0.05) is 25.3 Å². The molecule has 2 aliphatic rings. The van der Waals surface area contributed by atoms with Crippen molar-refractivity contribution >= 4 is 11.8 Å². The van der Waals surface area contributed by atoms with E-state index in [0.29, 0.717) is 12.1 Å². The van der Waals surface area contributed by atoms with Gasteiger partial charge >= 0.3 is 0 Å². The third kappa shape index (κ3) is 3.86. The Kier molecular flexibility index (Phi) is 5.80. The van der Waals surface area contributed by atoms with Gasteiger partial charge in [-0.25, -0.2) is 0 Å². The molecule has 3 nitrogen and oxygen atoms in total. The molecule has 0 aromatic rings. The first kappa shape index (κ1) is 14.6. The van der Waals surface area contributed by atoms with E-state index in [2.05, 4.69) is 24.0 Å². The molecule has 2 aliphatic heterocycles. The molecule has 2 unspecified atom stereocenters. The van der Waals surface area contributed by atoms with Crippen LogP contribution >= 0.6 is 11.8 Å². The second kappa shape index (κ2) is 7.13. The minimum Gasteiger partial charge on any atom is -0.396 e. The largest absolute Gasteiger partial charge is 0.396 e. The van der Waals surface area contributed by atoms with Crippen molar-refractivity contribution in [3.05, 3.63) is 0 Å². The van der Waals surface area contributed by atoms with Crippen LogP contribution in [0.25, 0.3) is 0 Å². The Bertz CT molecular complexity index is 238. The Labute approximate surface area is 115 Å². The van der Waals surface area contributed by atoms with E-state index in [1.165, 1.54) is 24.3 Å². The third-order valence-electron chi connectivity index (χ3n) is 4.34.